The third-order valence-corrected chi connectivity index (χ3v) is 9.87. The standard InChI is InChI=1S/C41H23N9O2.Cu/c51-40-28-17-7-8-18-29(28)41(52)50(40)20-21-10-9-19-30-31(21)39-48-37-27-16-6-5-15-26(27)35(46-37)44-33-23-12-2-1-11-22(23)32(42-33)43-34-24-13-3-4-14-25(24)36(45-34)47-38(30)49-39;/h1-19H,20H2,(H2,42,43,44,45,46,47,48,49);. The summed E-state index contributed by atoms with van der Waals surface area (Å²) in [5.41, 5.74) is 7.11. The summed E-state index contributed by atoms with van der Waals surface area (Å²) in [5, 5.41) is 3.27. The van der Waals surface area contributed by atoms with Gasteiger partial charge in [0.15, 0.2) is 23.3 Å². The van der Waals surface area contributed by atoms with Crippen LogP contribution < -0.4 is 0 Å². The number of nitrogens with zero attached hydrogens (tertiary/aromatic N) is 7. The van der Waals surface area contributed by atoms with Gasteiger partial charge in [0.25, 0.3) is 11.8 Å². The van der Waals surface area contributed by atoms with Crippen LogP contribution in [0.2, 0.25) is 0 Å². The Morgan fingerprint density at radius 3 is 1.28 bits per heavy atom. The summed E-state index contributed by atoms with van der Waals surface area (Å²) < 4.78 is 0. The third kappa shape index (κ3) is 4.59. The number of amides is 2. The van der Waals surface area contributed by atoms with Crippen molar-refractivity contribution in [2.24, 2.45) is 0 Å². The topological polar surface area (TPSA) is 146 Å². The fourth-order valence-corrected chi connectivity index (χ4v) is 7.45. The largest absolute Gasteiger partial charge is 0.324 e. The number of hydrogen-bond donors (Lipinski definition) is 2. The molecule has 0 fully saturated rings. The van der Waals surface area contributed by atoms with Crippen LogP contribution in [-0.4, -0.2) is 56.6 Å². The van der Waals surface area contributed by atoms with Crippen molar-refractivity contribution in [1.82, 2.24) is 44.8 Å². The second kappa shape index (κ2) is 11.6. The van der Waals surface area contributed by atoms with E-state index in [1.165, 1.54) is 4.90 Å². The summed E-state index contributed by atoms with van der Waals surface area (Å²) in [7, 11) is 0. The Labute approximate surface area is 310 Å². The molecule has 0 aliphatic carbocycles. The van der Waals surface area contributed by atoms with Gasteiger partial charge in [0, 0.05) is 60.9 Å². The molecular formula is C41H23CuN9O2. The first-order valence-electron chi connectivity index (χ1n) is 16.8. The molecular weight excluding hydrogens is 714 g/mol. The number of aromatic nitrogens is 8. The van der Waals surface area contributed by atoms with E-state index in [4.69, 9.17) is 29.9 Å². The maximum atomic E-state index is 13.5. The van der Waals surface area contributed by atoms with Crippen LogP contribution in [0.3, 0.4) is 0 Å². The molecule has 11 rings (SSSR count). The van der Waals surface area contributed by atoms with Crippen LogP contribution in [0.15, 0.2) is 115 Å². The number of carbonyl (C=O) groups is 2. The number of rotatable bonds is 2. The minimum absolute atomic E-state index is 0. The van der Waals surface area contributed by atoms with E-state index in [0.29, 0.717) is 62.4 Å². The first-order chi connectivity index (χ1) is 25.6. The van der Waals surface area contributed by atoms with E-state index >= 15 is 0 Å². The Morgan fingerprint density at radius 1 is 0.415 bits per heavy atom. The molecule has 2 amide bonds. The van der Waals surface area contributed by atoms with Crippen LogP contribution in [0.25, 0.3) is 89.7 Å². The molecule has 12 heteroatoms. The van der Waals surface area contributed by atoms with Crippen molar-refractivity contribution in [3.8, 4) is 45.6 Å². The second-order valence-corrected chi connectivity index (χ2v) is 12.8. The molecule has 8 aromatic rings. The molecule has 3 aliphatic rings. The fraction of sp³-hybridized carbons (Fsp3) is 0.0244. The number of imide groups is 1. The van der Waals surface area contributed by atoms with Gasteiger partial charge in [0.05, 0.1) is 17.7 Å². The quantitative estimate of drug-likeness (QED) is 0.136. The van der Waals surface area contributed by atoms with Crippen LogP contribution in [0, 0.1) is 0 Å². The summed E-state index contributed by atoms with van der Waals surface area (Å²) in [6.07, 6.45) is 0. The van der Waals surface area contributed by atoms with Crippen LogP contribution in [-0.2, 0) is 23.6 Å². The van der Waals surface area contributed by atoms with Gasteiger partial charge in [-0.1, -0.05) is 103 Å². The fourth-order valence-electron chi connectivity index (χ4n) is 7.45. The molecule has 1 radical (unpaired) electrons. The van der Waals surface area contributed by atoms with Gasteiger partial charge in [-0.3, -0.25) is 14.5 Å². The van der Waals surface area contributed by atoms with Gasteiger partial charge in [-0.2, -0.15) is 0 Å². The number of H-pyrrole nitrogens is 2. The second-order valence-electron chi connectivity index (χ2n) is 12.8. The zero-order chi connectivity index (χ0) is 34.5. The van der Waals surface area contributed by atoms with Gasteiger partial charge in [-0.25, -0.2) is 29.9 Å². The normalized spacial score (nSPS) is 12.9. The molecule has 5 aromatic carbocycles. The van der Waals surface area contributed by atoms with Crippen LogP contribution in [0.1, 0.15) is 26.3 Å². The van der Waals surface area contributed by atoms with Gasteiger partial charge in [-0.15, -0.1) is 0 Å². The predicted octanol–water partition coefficient (Wildman–Crippen LogP) is 7.66. The molecule has 3 aliphatic heterocycles. The average Bonchev–Trinajstić information content (AvgIpc) is 3.96. The Morgan fingerprint density at radius 2 is 0.792 bits per heavy atom. The van der Waals surface area contributed by atoms with Crippen molar-refractivity contribution in [3.05, 3.63) is 132 Å². The van der Waals surface area contributed by atoms with Gasteiger partial charge in [0.1, 0.15) is 22.6 Å². The molecule has 0 saturated heterocycles. The summed E-state index contributed by atoms with van der Waals surface area (Å²) in [6, 6.07) is 36.3. The van der Waals surface area contributed by atoms with E-state index < -0.39 is 0 Å². The van der Waals surface area contributed by atoms with Crippen LogP contribution in [0.4, 0.5) is 0 Å². The molecule has 0 unspecified atom stereocenters. The molecule has 2 N–H and O–H groups in total. The Bertz CT molecular complexity index is 3040. The minimum Gasteiger partial charge on any atom is -0.324 e. The van der Waals surface area contributed by atoms with Gasteiger partial charge in [-0.05, 0) is 17.7 Å². The number of fused-ring (bicyclic) bond motifs is 21. The summed E-state index contributed by atoms with van der Waals surface area (Å²) in [5.74, 6) is 1.31. The summed E-state index contributed by atoms with van der Waals surface area (Å²) in [4.78, 5) is 65.4. The van der Waals surface area contributed by atoms with Crippen molar-refractivity contribution < 1.29 is 26.7 Å². The van der Waals surface area contributed by atoms with Crippen molar-refractivity contribution >= 4 is 55.9 Å². The molecule has 255 valence electrons. The smallest absolute Gasteiger partial charge is 0.261 e. The van der Waals surface area contributed by atoms with Gasteiger partial charge in [0.2, 0.25) is 0 Å². The number of hydrogen-bond acceptors (Lipinski definition) is 8. The van der Waals surface area contributed by atoms with Crippen molar-refractivity contribution in [2.45, 2.75) is 6.54 Å². The zero-order valence-corrected chi connectivity index (χ0v) is 28.4. The van der Waals surface area contributed by atoms with Gasteiger partial charge >= 0.3 is 0 Å². The number of benzene rings is 5. The molecule has 8 bridgehead atoms. The Balaban J connectivity index is 0.00000349. The maximum absolute atomic E-state index is 13.5. The first kappa shape index (κ1) is 30.9. The predicted molar refractivity (Wildman–Crippen MR) is 197 cm³/mol. The Hall–Kier alpha value is -6.88. The SMILES string of the molecule is O=C1c2ccccc2C(=O)N1Cc1cccc2c3nc4nc(nc5[nH]c(nc6nc(nc([nH]3)c12)-c1ccccc1-6)c1ccccc51)-c1ccccc1-4.[Cu]. The summed E-state index contributed by atoms with van der Waals surface area (Å²) in [6.45, 7) is 0.0435. The molecule has 53 heavy (non-hydrogen) atoms. The average molecular weight is 737 g/mol. The number of nitrogens with one attached hydrogen (secondary N) is 2. The van der Waals surface area contributed by atoms with E-state index in [1.807, 2.05) is 91.0 Å². The van der Waals surface area contributed by atoms with E-state index in [-0.39, 0.29) is 35.4 Å². The Kier molecular flexibility index (Phi) is 6.75. The maximum Gasteiger partial charge on any atom is 0.261 e. The number of carbonyl (C=O) groups excluding carboxylic acids is 2. The molecule has 11 nitrogen and oxygen atoms in total. The minimum atomic E-state index is -0.333. The van der Waals surface area contributed by atoms with Crippen molar-refractivity contribution in [3.63, 3.8) is 0 Å². The number of aromatic amines is 2. The summed E-state index contributed by atoms with van der Waals surface area (Å²) >= 11 is 0. The van der Waals surface area contributed by atoms with Gasteiger partial charge < -0.3 is 9.97 Å². The first-order valence-corrected chi connectivity index (χ1v) is 16.8. The van der Waals surface area contributed by atoms with Crippen LogP contribution >= 0.6 is 0 Å². The van der Waals surface area contributed by atoms with E-state index in [9.17, 15) is 9.59 Å². The molecule has 3 aromatic heterocycles. The molecule has 0 atom stereocenters. The molecule has 0 spiro atoms. The molecule has 6 heterocycles. The third-order valence-electron chi connectivity index (χ3n) is 9.87. The van der Waals surface area contributed by atoms with Crippen LogP contribution in [0.5, 0.6) is 0 Å². The van der Waals surface area contributed by atoms with Crippen molar-refractivity contribution in [2.75, 3.05) is 0 Å². The zero-order valence-electron chi connectivity index (χ0n) is 27.4. The van der Waals surface area contributed by atoms with E-state index in [0.717, 1.165) is 44.0 Å². The van der Waals surface area contributed by atoms with Crippen molar-refractivity contribution in [1.29, 1.82) is 0 Å². The van der Waals surface area contributed by atoms with E-state index in [1.54, 1.807) is 24.3 Å². The monoisotopic (exact) mass is 736 g/mol. The van der Waals surface area contributed by atoms with E-state index in [2.05, 4.69) is 9.97 Å². The molecule has 0 saturated carbocycles.